The molecule has 24 heavy (non-hydrogen) atoms. The van der Waals surface area contributed by atoms with Crippen LogP contribution in [0.2, 0.25) is 0 Å². The van der Waals surface area contributed by atoms with Gasteiger partial charge in [0, 0.05) is 12.1 Å². The van der Waals surface area contributed by atoms with E-state index in [9.17, 15) is 9.59 Å². The highest BCUT2D eigenvalue weighted by Crippen LogP contribution is 2.21. The number of nitrogens with zero attached hydrogens (tertiary/aromatic N) is 2. The van der Waals surface area contributed by atoms with Crippen LogP contribution in [0.25, 0.3) is 10.8 Å². The Labute approximate surface area is 142 Å². The summed E-state index contributed by atoms with van der Waals surface area (Å²) >= 11 is 1.44. The van der Waals surface area contributed by atoms with E-state index in [0.717, 1.165) is 22.5 Å². The van der Waals surface area contributed by atoms with Gasteiger partial charge in [0.1, 0.15) is 0 Å². The molecule has 0 aliphatic rings. The maximum atomic E-state index is 12.0. The summed E-state index contributed by atoms with van der Waals surface area (Å²) < 4.78 is 6.29. The Morgan fingerprint density at radius 2 is 2.21 bits per heavy atom. The molecule has 2 heterocycles. The van der Waals surface area contributed by atoms with Crippen molar-refractivity contribution in [2.75, 3.05) is 5.32 Å². The first-order chi connectivity index (χ1) is 11.7. The van der Waals surface area contributed by atoms with Gasteiger partial charge in [0.25, 0.3) is 5.89 Å². The second-order valence-electron chi connectivity index (χ2n) is 5.23. The molecule has 3 aromatic rings. The molecule has 0 aliphatic heterocycles. The van der Waals surface area contributed by atoms with Gasteiger partial charge < -0.3 is 9.73 Å². The molecule has 0 radical (unpaired) electrons. The molecule has 7 heteroatoms. The van der Waals surface area contributed by atoms with E-state index in [0.29, 0.717) is 0 Å². The van der Waals surface area contributed by atoms with Crippen molar-refractivity contribution >= 4 is 22.9 Å². The third-order valence-corrected chi connectivity index (χ3v) is 4.37. The third-order valence-electron chi connectivity index (χ3n) is 3.51. The van der Waals surface area contributed by atoms with Gasteiger partial charge in [0.2, 0.25) is 5.91 Å². The number of anilines is 1. The van der Waals surface area contributed by atoms with Crippen molar-refractivity contribution in [2.24, 2.45) is 0 Å². The lowest BCUT2D eigenvalue weighted by molar-refractivity contribution is -0.116. The number of amides is 1. The molecule has 2 aromatic heterocycles. The molecule has 0 spiro atoms. The van der Waals surface area contributed by atoms with Crippen molar-refractivity contribution < 1.29 is 9.21 Å². The van der Waals surface area contributed by atoms with Crippen LogP contribution in [0, 0.1) is 0 Å². The molecule has 1 amide bonds. The Morgan fingerprint density at radius 3 is 2.96 bits per heavy atom. The fraction of sp³-hybridized carbons (Fsp3) is 0.235. The van der Waals surface area contributed by atoms with E-state index in [2.05, 4.69) is 17.3 Å². The molecule has 0 saturated heterocycles. The van der Waals surface area contributed by atoms with Gasteiger partial charge in [-0.2, -0.15) is 4.68 Å². The van der Waals surface area contributed by atoms with Crippen molar-refractivity contribution in [1.29, 1.82) is 0 Å². The fourth-order valence-electron chi connectivity index (χ4n) is 2.25. The molecule has 0 aliphatic carbocycles. The van der Waals surface area contributed by atoms with Gasteiger partial charge >= 0.3 is 5.76 Å². The summed E-state index contributed by atoms with van der Waals surface area (Å²) in [7, 11) is 0. The van der Waals surface area contributed by atoms with E-state index < -0.39 is 5.76 Å². The molecule has 0 atom stereocenters. The monoisotopic (exact) mass is 343 g/mol. The van der Waals surface area contributed by atoms with Gasteiger partial charge in [-0.05, 0) is 35.6 Å². The summed E-state index contributed by atoms with van der Waals surface area (Å²) in [5, 5.41) is 8.84. The van der Waals surface area contributed by atoms with E-state index in [1.165, 1.54) is 16.0 Å². The topological polar surface area (TPSA) is 77.1 Å². The standard InChI is InChI=1S/C17H17N3O3S/c1-2-12-5-3-6-13(11-12)18-15(21)8-9-20-17(22)23-16(19-20)14-7-4-10-24-14/h3-7,10-11H,2,8-9H2,1H3,(H,18,21). The summed E-state index contributed by atoms with van der Waals surface area (Å²) in [5.41, 5.74) is 1.91. The van der Waals surface area contributed by atoms with E-state index >= 15 is 0 Å². The molecule has 1 N–H and O–H groups in total. The molecule has 3 rings (SSSR count). The zero-order valence-corrected chi connectivity index (χ0v) is 14.0. The van der Waals surface area contributed by atoms with Crippen molar-refractivity contribution in [1.82, 2.24) is 9.78 Å². The van der Waals surface area contributed by atoms with Gasteiger partial charge in [-0.1, -0.05) is 25.1 Å². The van der Waals surface area contributed by atoms with Crippen LogP contribution in [0.5, 0.6) is 0 Å². The van der Waals surface area contributed by atoms with Crippen LogP contribution in [-0.2, 0) is 17.8 Å². The maximum Gasteiger partial charge on any atom is 0.437 e. The number of benzene rings is 1. The smallest absolute Gasteiger partial charge is 0.387 e. The van der Waals surface area contributed by atoms with Crippen molar-refractivity contribution in [2.45, 2.75) is 26.3 Å². The largest absolute Gasteiger partial charge is 0.437 e. The van der Waals surface area contributed by atoms with Crippen LogP contribution in [0.1, 0.15) is 18.9 Å². The first-order valence-corrected chi connectivity index (χ1v) is 8.54. The summed E-state index contributed by atoms with van der Waals surface area (Å²) in [6.07, 6.45) is 1.05. The lowest BCUT2D eigenvalue weighted by atomic mass is 10.1. The summed E-state index contributed by atoms with van der Waals surface area (Å²) in [6.45, 7) is 2.23. The number of thiophene rings is 1. The minimum Gasteiger partial charge on any atom is -0.387 e. The lowest BCUT2D eigenvalue weighted by Gasteiger charge is -2.06. The number of aryl methyl sites for hydroxylation is 2. The molecule has 6 nitrogen and oxygen atoms in total. The van der Waals surface area contributed by atoms with E-state index in [-0.39, 0.29) is 24.8 Å². The summed E-state index contributed by atoms with van der Waals surface area (Å²) in [4.78, 5) is 24.6. The summed E-state index contributed by atoms with van der Waals surface area (Å²) in [5.74, 6) is -0.443. The Bertz CT molecular complexity index is 881. The molecule has 0 unspecified atom stereocenters. The molecule has 1 aromatic carbocycles. The molecular formula is C17H17N3O3S. The predicted octanol–water partition coefficient (Wildman–Crippen LogP) is 3.16. The molecule has 0 fully saturated rings. The van der Waals surface area contributed by atoms with Crippen LogP contribution in [0.3, 0.4) is 0 Å². The Balaban J connectivity index is 1.61. The quantitative estimate of drug-likeness (QED) is 0.746. The molecular weight excluding hydrogens is 326 g/mol. The first kappa shape index (κ1) is 16.2. The number of hydrogen-bond acceptors (Lipinski definition) is 5. The number of aromatic nitrogens is 2. The Kier molecular flexibility index (Phi) is 4.90. The number of carbonyl (C=O) groups excluding carboxylic acids is 1. The first-order valence-electron chi connectivity index (χ1n) is 7.66. The molecule has 0 saturated carbocycles. The zero-order valence-electron chi connectivity index (χ0n) is 13.2. The zero-order chi connectivity index (χ0) is 16.9. The van der Waals surface area contributed by atoms with E-state index in [1.54, 1.807) is 0 Å². The summed E-state index contributed by atoms with van der Waals surface area (Å²) in [6, 6.07) is 11.4. The van der Waals surface area contributed by atoms with Crippen molar-refractivity contribution in [3.05, 3.63) is 57.9 Å². The molecule has 0 bridgehead atoms. The normalized spacial score (nSPS) is 10.7. The van der Waals surface area contributed by atoms with E-state index in [1.807, 2.05) is 41.8 Å². The van der Waals surface area contributed by atoms with Gasteiger partial charge in [0.15, 0.2) is 0 Å². The van der Waals surface area contributed by atoms with Gasteiger partial charge in [-0.15, -0.1) is 16.4 Å². The number of nitrogens with one attached hydrogen (secondary N) is 1. The van der Waals surface area contributed by atoms with Crippen LogP contribution in [0.4, 0.5) is 5.69 Å². The average molecular weight is 343 g/mol. The molecule has 124 valence electrons. The third kappa shape index (κ3) is 3.80. The van der Waals surface area contributed by atoms with Crippen LogP contribution >= 0.6 is 11.3 Å². The van der Waals surface area contributed by atoms with Crippen LogP contribution < -0.4 is 11.1 Å². The number of carbonyl (C=O) groups is 1. The van der Waals surface area contributed by atoms with Crippen molar-refractivity contribution in [3.8, 4) is 10.8 Å². The van der Waals surface area contributed by atoms with Gasteiger partial charge in [-0.3, -0.25) is 4.79 Å². The number of hydrogen-bond donors (Lipinski definition) is 1. The highest BCUT2D eigenvalue weighted by Gasteiger charge is 2.12. The van der Waals surface area contributed by atoms with E-state index in [4.69, 9.17) is 4.42 Å². The number of rotatable bonds is 6. The second-order valence-corrected chi connectivity index (χ2v) is 6.17. The second kappa shape index (κ2) is 7.27. The maximum absolute atomic E-state index is 12.0. The minimum absolute atomic E-state index is 0.146. The van der Waals surface area contributed by atoms with Crippen LogP contribution in [-0.4, -0.2) is 15.7 Å². The van der Waals surface area contributed by atoms with Crippen LogP contribution in [0.15, 0.2) is 51.0 Å². The predicted molar refractivity (Wildman–Crippen MR) is 93.1 cm³/mol. The SMILES string of the molecule is CCc1cccc(NC(=O)CCn2nc(-c3cccs3)oc2=O)c1. The highest BCUT2D eigenvalue weighted by molar-refractivity contribution is 7.13. The lowest BCUT2D eigenvalue weighted by Crippen LogP contribution is -2.21. The highest BCUT2D eigenvalue weighted by atomic mass is 32.1. The van der Waals surface area contributed by atoms with Gasteiger partial charge in [-0.25, -0.2) is 4.79 Å². The Morgan fingerprint density at radius 1 is 1.33 bits per heavy atom. The fourth-order valence-corrected chi connectivity index (χ4v) is 2.89. The minimum atomic E-state index is -0.556. The van der Waals surface area contributed by atoms with Gasteiger partial charge in [0.05, 0.1) is 11.4 Å². The average Bonchev–Trinajstić information content (AvgIpc) is 3.23. The van der Waals surface area contributed by atoms with Crippen molar-refractivity contribution in [3.63, 3.8) is 0 Å². The Hall–Kier alpha value is -2.67.